The molecule has 1 saturated heterocycles. The Balaban J connectivity index is 1.73. The van der Waals surface area contributed by atoms with Crippen LogP contribution in [0.1, 0.15) is 36.9 Å². The Bertz CT molecular complexity index is 704. The van der Waals surface area contributed by atoms with Crippen LogP contribution < -0.4 is 5.32 Å². The summed E-state index contributed by atoms with van der Waals surface area (Å²) in [6, 6.07) is 18.0. The minimum Gasteiger partial charge on any atom is -0.341 e. The summed E-state index contributed by atoms with van der Waals surface area (Å²) in [5, 5.41) is 4.15. The highest BCUT2D eigenvalue weighted by Crippen LogP contribution is 2.24. The van der Waals surface area contributed by atoms with E-state index in [0.29, 0.717) is 17.5 Å². The van der Waals surface area contributed by atoms with Crippen LogP contribution in [-0.4, -0.2) is 30.4 Å². The Hall–Kier alpha value is -1.84. The molecule has 3 nitrogen and oxygen atoms in total. The summed E-state index contributed by atoms with van der Waals surface area (Å²) in [7, 11) is 0. The van der Waals surface area contributed by atoms with E-state index in [9.17, 15) is 4.79 Å². The van der Waals surface area contributed by atoms with Crippen molar-refractivity contribution in [2.45, 2.75) is 25.8 Å². The van der Waals surface area contributed by atoms with Crippen LogP contribution in [0, 0.1) is 5.92 Å². The van der Waals surface area contributed by atoms with Gasteiger partial charge in [0.15, 0.2) is 0 Å². The van der Waals surface area contributed by atoms with Crippen molar-refractivity contribution < 1.29 is 4.79 Å². The number of amides is 1. The predicted octanol–water partition coefficient (Wildman–Crippen LogP) is 4.28. The molecule has 1 aliphatic heterocycles. The quantitative estimate of drug-likeness (QED) is 0.867. The van der Waals surface area contributed by atoms with Gasteiger partial charge in [-0.05, 0) is 42.0 Å². The molecule has 132 valence electrons. The van der Waals surface area contributed by atoms with Gasteiger partial charge in [0.2, 0.25) is 5.91 Å². The van der Waals surface area contributed by atoms with E-state index in [0.717, 1.165) is 30.6 Å². The van der Waals surface area contributed by atoms with Gasteiger partial charge in [0.1, 0.15) is 0 Å². The lowest BCUT2D eigenvalue weighted by atomic mass is 9.98. The molecule has 2 aromatic rings. The fourth-order valence-electron chi connectivity index (χ4n) is 3.48. The zero-order chi connectivity index (χ0) is 17.6. The van der Waals surface area contributed by atoms with E-state index in [2.05, 4.69) is 24.4 Å². The van der Waals surface area contributed by atoms with Crippen LogP contribution in [-0.2, 0) is 4.79 Å². The maximum atomic E-state index is 12.6. The molecule has 1 fully saturated rings. The van der Waals surface area contributed by atoms with Crippen molar-refractivity contribution in [3.05, 3.63) is 70.7 Å². The number of carbonyl (C=O) groups is 1. The normalized spacial score (nSPS) is 18.8. The van der Waals surface area contributed by atoms with Gasteiger partial charge in [0.25, 0.3) is 0 Å². The number of halogens is 1. The third-order valence-corrected chi connectivity index (χ3v) is 5.02. The average molecular weight is 357 g/mol. The highest BCUT2D eigenvalue weighted by atomic mass is 35.5. The number of nitrogens with one attached hydrogen (secondary N) is 1. The number of likely N-dealkylation sites (tertiary alicyclic amines) is 1. The number of rotatable bonds is 5. The Labute approximate surface area is 155 Å². The molecule has 0 bridgehead atoms. The number of hydrogen-bond donors (Lipinski definition) is 1. The lowest BCUT2D eigenvalue weighted by molar-refractivity contribution is -0.132. The van der Waals surface area contributed by atoms with E-state index >= 15 is 0 Å². The summed E-state index contributed by atoms with van der Waals surface area (Å²) in [5.74, 6) is 0.769. The smallest absolute Gasteiger partial charge is 0.236 e. The molecule has 2 aromatic carbocycles. The van der Waals surface area contributed by atoms with Gasteiger partial charge in [-0.25, -0.2) is 0 Å². The second-order valence-corrected chi connectivity index (χ2v) is 7.30. The zero-order valence-corrected chi connectivity index (χ0v) is 15.4. The Morgan fingerprint density at radius 1 is 1.20 bits per heavy atom. The van der Waals surface area contributed by atoms with E-state index in [1.54, 1.807) is 0 Å². The van der Waals surface area contributed by atoms with Crippen molar-refractivity contribution >= 4 is 17.5 Å². The van der Waals surface area contributed by atoms with Crippen molar-refractivity contribution in [1.82, 2.24) is 10.2 Å². The van der Waals surface area contributed by atoms with Gasteiger partial charge < -0.3 is 4.90 Å². The van der Waals surface area contributed by atoms with Crippen molar-refractivity contribution in [2.24, 2.45) is 5.92 Å². The standard InChI is InChI=1S/C21H25ClN2O/c1-16-7-6-12-24(15-16)20(25)14-23-21(17-8-3-2-4-9-17)18-10-5-11-19(22)13-18/h2-5,8-11,13,16,21,23H,6-7,12,14-15H2,1H3. The maximum Gasteiger partial charge on any atom is 0.236 e. The monoisotopic (exact) mass is 356 g/mol. The number of hydrogen-bond acceptors (Lipinski definition) is 2. The highest BCUT2D eigenvalue weighted by molar-refractivity contribution is 6.30. The Morgan fingerprint density at radius 2 is 1.96 bits per heavy atom. The predicted molar refractivity (Wildman–Crippen MR) is 103 cm³/mol. The van der Waals surface area contributed by atoms with Crippen LogP contribution in [0.3, 0.4) is 0 Å². The van der Waals surface area contributed by atoms with Crippen molar-refractivity contribution in [3.63, 3.8) is 0 Å². The van der Waals surface area contributed by atoms with Gasteiger partial charge in [-0.3, -0.25) is 10.1 Å². The molecule has 2 atom stereocenters. The molecule has 0 spiro atoms. The molecular formula is C21H25ClN2O. The first-order valence-corrected chi connectivity index (χ1v) is 9.33. The van der Waals surface area contributed by atoms with Gasteiger partial charge in [-0.1, -0.05) is 61.0 Å². The molecular weight excluding hydrogens is 332 g/mol. The summed E-state index contributed by atoms with van der Waals surface area (Å²) in [5.41, 5.74) is 2.20. The average Bonchev–Trinajstić information content (AvgIpc) is 2.63. The molecule has 2 unspecified atom stereocenters. The largest absolute Gasteiger partial charge is 0.341 e. The Morgan fingerprint density at radius 3 is 2.68 bits per heavy atom. The molecule has 0 aliphatic carbocycles. The Kier molecular flexibility index (Phi) is 6.11. The third-order valence-electron chi connectivity index (χ3n) is 4.78. The first kappa shape index (κ1) is 18.0. The van der Waals surface area contributed by atoms with Crippen LogP contribution in [0.2, 0.25) is 5.02 Å². The molecule has 25 heavy (non-hydrogen) atoms. The number of piperidine rings is 1. The van der Waals surface area contributed by atoms with Crippen molar-refractivity contribution in [3.8, 4) is 0 Å². The first-order chi connectivity index (χ1) is 12.1. The minimum atomic E-state index is -0.0499. The number of carbonyl (C=O) groups excluding carboxylic acids is 1. The molecule has 3 rings (SSSR count). The van der Waals surface area contributed by atoms with E-state index < -0.39 is 0 Å². The van der Waals surface area contributed by atoms with Gasteiger partial charge in [-0.2, -0.15) is 0 Å². The van der Waals surface area contributed by atoms with Gasteiger partial charge in [-0.15, -0.1) is 0 Å². The van der Waals surface area contributed by atoms with E-state index in [1.807, 2.05) is 47.4 Å². The third kappa shape index (κ3) is 4.83. The number of nitrogens with zero attached hydrogens (tertiary/aromatic N) is 1. The van der Waals surface area contributed by atoms with Crippen LogP contribution >= 0.6 is 11.6 Å². The molecule has 0 radical (unpaired) electrons. The summed E-state index contributed by atoms with van der Waals surface area (Å²) in [4.78, 5) is 14.6. The fourth-order valence-corrected chi connectivity index (χ4v) is 3.68. The molecule has 1 heterocycles. The molecule has 4 heteroatoms. The summed E-state index contributed by atoms with van der Waals surface area (Å²) < 4.78 is 0. The van der Waals surface area contributed by atoms with Crippen LogP contribution in [0.5, 0.6) is 0 Å². The highest BCUT2D eigenvalue weighted by Gasteiger charge is 2.22. The van der Waals surface area contributed by atoms with Crippen LogP contribution in [0.15, 0.2) is 54.6 Å². The molecule has 1 aliphatic rings. The maximum absolute atomic E-state index is 12.6. The van der Waals surface area contributed by atoms with Gasteiger partial charge in [0.05, 0.1) is 12.6 Å². The molecule has 0 saturated carbocycles. The second-order valence-electron chi connectivity index (χ2n) is 6.87. The first-order valence-electron chi connectivity index (χ1n) is 8.95. The van der Waals surface area contributed by atoms with Gasteiger partial charge in [0, 0.05) is 18.1 Å². The summed E-state index contributed by atoms with van der Waals surface area (Å²) >= 11 is 6.17. The van der Waals surface area contributed by atoms with Crippen molar-refractivity contribution in [2.75, 3.05) is 19.6 Å². The fraction of sp³-hybridized carbons (Fsp3) is 0.381. The van der Waals surface area contributed by atoms with E-state index in [4.69, 9.17) is 11.6 Å². The van der Waals surface area contributed by atoms with Crippen molar-refractivity contribution in [1.29, 1.82) is 0 Å². The van der Waals surface area contributed by atoms with Crippen LogP contribution in [0.4, 0.5) is 0 Å². The molecule has 0 aromatic heterocycles. The number of benzene rings is 2. The molecule has 1 amide bonds. The second kappa shape index (κ2) is 8.50. The molecule has 1 N–H and O–H groups in total. The van der Waals surface area contributed by atoms with E-state index in [1.165, 1.54) is 6.42 Å². The lowest BCUT2D eigenvalue weighted by Gasteiger charge is -2.31. The summed E-state index contributed by atoms with van der Waals surface area (Å²) in [6.07, 6.45) is 2.32. The lowest BCUT2D eigenvalue weighted by Crippen LogP contribution is -2.44. The minimum absolute atomic E-state index is 0.0499. The van der Waals surface area contributed by atoms with E-state index in [-0.39, 0.29) is 11.9 Å². The van der Waals surface area contributed by atoms with Crippen LogP contribution in [0.25, 0.3) is 0 Å². The topological polar surface area (TPSA) is 32.3 Å². The summed E-state index contributed by atoms with van der Waals surface area (Å²) in [6.45, 7) is 4.29. The van der Waals surface area contributed by atoms with Gasteiger partial charge >= 0.3 is 0 Å². The zero-order valence-electron chi connectivity index (χ0n) is 14.6. The SMILES string of the molecule is CC1CCCN(C(=O)CNC(c2ccccc2)c2cccc(Cl)c2)C1.